The number of nitrogens with zero attached hydrogens (tertiary/aromatic N) is 2. The number of hydrogen-bond acceptors (Lipinski definition) is 6. The van der Waals surface area contributed by atoms with Gasteiger partial charge < -0.3 is 19.7 Å². The van der Waals surface area contributed by atoms with Gasteiger partial charge in [0.05, 0.1) is 24.8 Å². The molecular formula is C29H33ClFN3O6S. The Labute approximate surface area is 244 Å². The number of nitrogens with one attached hydrogen (secondary N) is 1. The third-order valence-electron chi connectivity index (χ3n) is 6.34. The number of halogens is 2. The van der Waals surface area contributed by atoms with Crippen molar-refractivity contribution in [1.29, 1.82) is 0 Å². The normalized spacial score (nSPS) is 11.9. The topological polar surface area (TPSA) is 105 Å². The summed E-state index contributed by atoms with van der Waals surface area (Å²) in [5.74, 6) is -1.08. The van der Waals surface area contributed by atoms with E-state index in [2.05, 4.69) is 5.32 Å². The second-order valence-corrected chi connectivity index (χ2v) is 11.3. The number of carbonyl (C=O) groups is 2. The van der Waals surface area contributed by atoms with Crippen LogP contribution in [-0.2, 0) is 26.2 Å². The first-order valence-electron chi connectivity index (χ1n) is 12.9. The molecule has 0 saturated carbocycles. The minimum absolute atomic E-state index is 0.0271. The van der Waals surface area contributed by atoms with Crippen LogP contribution in [0.15, 0.2) is 71.6 Å². The lowest BCUT2D eigenvalue weighted by molar-refractivity contribution is -0.140. The molecule has 0 bridgehead atoms. The van der Waals surface area contributed by atoms with Crippen LogP contribution < -0.4 is 19.1 Å². The Kier molecular flexibility index (Phi) is 11.0. The summed E-state index contributed by atoms with van der Waals surface area (Å²) in [4.78, 5) is 28.1. The van der Waals surface area contributed by atoms with Crippen LogP contribution in [0.3, 0.4) is 0 Å². The first-order valence-corrected chi connectivity index (χ1v) is 14.7. The summed E-state index contributed by atoms with van der Waals surface area (Å²) in [5.41, 5.74) is 0.758. The molecule has 3 aromatic carbocycles. The van der Waals surface area contributed by atoms with Crippen LogP contribution in [0.25, 0.3) is 0 Å². The van der Waals surface area contributed by atoms with Crippen molar-refractivity contribution in [3.8, 4) is 11.5 Å². The molecule has 0 heterocycles. The summed E-state index contributed by atoms with van der Waals surface area (Å²) in [7, 11) is -1.59. The van der Waals surface area contributed by atoms with Crippen molar-refractivity contribution in [3.63, 3.8) is 0 Å². The number of methoxy groups -OCH3 is 2. The number of anilines is 1. The number of carbonyl (C=O) groups excluding carboxylic acids is 2. The van der Waals surface area contributed by atoms with Crippen molar-refractivity contribution in [3.05, 3.63) is 83.1 Å². The first kappa shape index (κ1) is 31.7. The molecule has 12 heteroatoms. The molecule has 1 N–H and O–H groups in total. The summed E-state index contributed by atoms with van der Waals surface area (Å²) < 4.78 is 53.2. The van der Waals surface area contributed by atoms with Gasteiger partial charge in [-0.1, -0.05) is 30.7 Å². The number of rotatable bonds is 13. The first-order chi connectivity index (χ1) is 19.5. The predicted molar refractivity (Wildman–Crippen MR) is 155 cm³/mol. The molecule has 9 nitrogen and oxygen atoms in total. The molecule has 2 amide bonds. The lowest BCUT2D eigenvalue weighted by Gasteiger charge is -2.33. The quantitative estimate of drug-likeness (QED) is 0.304. The highest BCUT2D eigenvalue weighted by molar-refractivity contribution is 7.92. The van der Waals surface area contributed by atoms with Gasteiger partial charge in [-0.15, -0.1) is 0 Å². The van der Waals surface area contributed by atoms with E-state index in [4.69, 9.17) is 21.1 Å². The molecule has 0 aromatic heterocycles. The standard InChI is InChI=1S/C29H33ClFN3O6S/c1-5-25(29(36)32-6-2)33(18-20-7-9-21(30)10-8-20)28(35)19-34(23-13-11-22(31)12-14-23)41(37,38)24-15-16-26(39-3)27(17-24)40-4/h7-17,25H,5-6,18-19H2,1-4H3,(H,32,36). The number of ether oxygens (including phenoxy) is 2. The second-order valence-electron chi connectivity index (χ2n) is 8.97. The Balaban J connectivity index is 2.09. The van der Waals surface area contributed by atoms with Gasteiger partial charge in [0.15, 0.2) is 11.5 Å². The maximum atomic E-state index is 14.0. The number of benzene rings is 3. The van der Waals surface area contributed by atoms with E-state index < -0.39 is 34.3 Å². The monoisotopic (exact) mass is 605 g/mol. The van der Waals surface area contributed by atoms with Gasteiger partial charge >= 0.3 is 0 Å². The summed E-state index contributed by atoms with van der Waals surface area (Å²) in [6.45, 7) is 3.25. The molecule has 220 valence electrons. The summed E-state index contributed by atoms with van der Waals surface area (Å²) >= 11 is 6.03. The average Bonchev–Trinajstić information content (AvgIpc) is 2.96. The molecule has 1 unspecified atom stereocenters. The number of amides is 2. The van der Waals surface area contributed by atoms with E-state index in [1.54, 1.807) is 38.1 Å². The van der Waals surface area contributed by atoms with E-state index in [1.807, 2.05) is 0 Å². The molecule has 0 saturated heterocycles. The van der Waals surface area contributed by atoms with Gasteiger partial charge in [0.1, 0.15) is 18.4 Å². The van der Waals surface area contributed by atoms with Crippen molar-refractivity contribution in [2.45, 2.75) is 37.8 Å². The van der Waals surface area contributed by atoms with Crippen LogP contribution in [-0.4, -0.2) is 58.5 Å². The Morgan fingerprint density at radius 3 is 2.15 bits per heavy atom. The van der Waals surface area contributed by atoms with Crippen LogP contribution in [0.5, 0.6) is 11.5 Å². The molecule has 0 fully saturated rings. The van der Waals surface area contributed by atoms with E-state index in [0.29, 0.717) is 22.9 Å². The highest BCUT2D eigenvalue weighted by Crippen LogP contribution is 2.32. The second kappa shape index (κ2) is 14.2. The highest BCUT2D eigenvalue weighted by atomic mass is 35.5. The molecule has 0 aliphatic heterocycles. The molecule has 0 aliphatic carbocycles. The number of likely N-dealkylation sites (N-methyl/N-ethyl adjacent to an activating group) is 1. The minimum Gasteiger partial charge on any atom is -0.493 e. The van der Waals surface area contributed by atoms with Crippen LogP contribution >= 0.6 is 11.6 Å². The minimum atomic E-state index is -4.38. The van der Waals surface area contributed by atoms with Crippen LogP contribution in [0, 0.1) is 5.82 Å². The van der Waals surface area contributed by atoms with Crippen molar-refractivity contribution in [2.75, 3.05) is 31.6 Å². The van der Waals surface area contributed by atoms with E-state index >= 15 is 0 Å². The Morgan fingerprint density at radius 1 is 0.951 bits per heavy atom. The third kappa shape index (κ3) is 7.68. The SMILES string of the molecule is CCNC(=O)C(CC)N(Cc1ccc(Cl)cc1)C(=O)CN(c1ccc(F)cc1)S(=O)(=O)c1ccc(OC)c(OC)c1. The summed E-state index contributed by atoms with van der Waals surface area (Å²) in [6, 6.07) is 14.7. The van der Waals surface area contributed by atoms with Crippen LogP contribution in [0.4, 0.5) is 10.1 Å². The smallest absolute Gasteiger partial charge is 0.264 e. The maximum absolute atomic E-state index is 14.0. The van der Waals surface area contributed by atoms with Crippen LogP contribution in [0.2, 0.25) is 5.02 Å². The fraction of sp³-hybridized carbons (Fsp3) is 0.310. The van der Waals surface area contributed by atoms with Gasteiger partial charge in [0, 0.05) is 24.2 Å². The Morgan fingerprint density at radius 2 is 1.59 bits per heavy atom. The average molecular weight is 606 g/mol. The van der Waals surface area contributed by atoms with Gasteiger partial charge in [-0.3, -0.25) is 13.9 Å². The van der Waals surface area contributed by atoms with Gasteiger partial charge in [0.25, 0.3) is 10.0 Å². The van der Waals surface area contributed by atoms with E-state index in [9.17, 15) is 22.4 Å². The van der Waals surface area contributed by atoms with Crippen molar-refractivity contribution in [1.82, 2.24) is 10.2 Å². The van der Waals surface area contributed by atoms with Crippen molar-refractivity contribution >= 4 is 39.1 Å². The number of sulfonamides is 1. The zero-order valence-electron chi connectivity index (χ0n) is 23.3. The van der Waals surface area contributed by atoms with E-state index in [-0.39, 0.29) is 35.2 Å². The molecular weight excluding hydrogens is 573 g/mol. The zero-order chi connectivity index (χ0) is 30.2. The van der Waals surface area contributed by atoms with Crippen molar-refractivity contribution < 1.29 is 31.9 Å². The molecule has 0 aliphatic rings. The largest absolute Gasteiger partial charge is 0.493 e. The Bertz CT molecular complexity index is 1450. The fourth-order valence-corrected chi connectivity index (χ4v) is 5.79. The van der Waals surface area contributed by atoms with Gasteiger partial charge in [0.2, 0.25) is 11.8 Å². The van der Waals surface area contributed by atoms with Gasteiger partial charge in [-0.05, 0) is 67.4 Å². The summed E-state index contributed by atoms with van der Waals surface area (Å²) in [6.07, 6.45) is 0.282. The summed E-state index contributed by atoms with van der Waals surface area (Å²) in [5, 5.41) is 3.25. The van der Waals surface area contributed by atoms with E-state index in [0.717, 1.165) is 16.4 Å². The molecule has 1 atom stereocenters. The molecule has 41 heavy (non-hydrogen) atoms. The Hall–Kier alpha value is -3.83. The fourth-order valence-electron chi connectivity index (χ4n) is 4.24. The predicted octanol–water partition coefficient (Wildman–Crippen LogP) is 4.64. The molecule has 0 spiro atoms. The number of hydrogen-bond donors (Lipinski definition) is 1. The molecule has 3 aromatic rings. The van der Waals surface area contributed by atoms with Gasteiger partial charge in [-0.25, -0.2) is 12.8 Å². The third-order valence-corrected chi connectivity index (χ3v) is 8.36. The molecule has 3 rings (SSSR count). The highest BCUT2D eigenvalue weighted by Gasteiger charge is 2.34. The van der Waals surface area contributed by atoms with Gasteiger partial charge in [-0.2, -0.15) is 0 Å². The van der Waals surface area contributed by atoms with Crippen molar-refractivity contribution in [2.24, 2.45) is 0 Å². The maximum Gasteiger partial charge on any atom is 0.264 e. The zero-order valence-corrected chi connectivity index (χ0v) is 24.8. The molecule has 0 radical (unpaired) electrons. The lowest BCUT2D eigenvalue weighted by Crippen LogP contribution is -2.52. The lowest BCUT2D eigenvalue weighted by atomic mass is 10.1. The van der Waals surface area contributed by atoms with E-state index in [1.165, 1.54) is 49.5 Å². The van der Waals surface area contributed by atoms with Crippen LogP contribution in [0.1, 0.15) is 25.8 Å².